The molecule has 2 aromatic heterocycles. The number of fused-ring (bicyclic) bond motifs is 1. The Balaban J connectivity index is 1.48. The minimum absolute atomic E-state index is 0.0529. The number of H-pyrrole nitrogens is 1. The van der Waals surface area contributed by atoms with Gasteiger partial charge in [-0.3, -0.25) is 9.78 Å². The maximum absolute atomic E-state index is 12.4. The van der Waals surface area contributed by atoms with Gasteiger partial charge in [-0.1, -0.05) is 24.3 Å². The van der Waals surface area contributed by atoms with E-state index in [4.69, 9.17) is 0 Å². The summed E-state index contributed by atoms with van der Waals surface area (Å²) in [6, 6.07) is 13.8. The number of hydrogen-bond donors (Lipinski definition) is 3. The van der Waals surface area contributed by atoms with Crippen molar-refractivity contribution in [3.8, 4) is 0 Å². The molecule has 1 aliphatic rings. The number of anilines is 1. The number of benzene rings is 1. The Labute approximate surface area is 164 Å². The monoisotopic (exact) mass is 372 g/mol. The van der Waals surface area contributed by atoms with Gasteiger partial charge in [0, 0.05) is 54.0 Å². The summed E-state index contributed by atoms with van der Waals surface area (Å²) < 4.78 is 0. The summed E-state index contributed by atoms with van der Waals surface area (Å²) in [7, 11) is 0. The van der Waals surface area contributed by atoms with Crippen molar-refractivity contribution < 1.29 is 4.79 Å². The normalized spacial score (nSPS) is 14.4. The summed E-state index contributed by atoms with van der Waals surface area (Å²) in [5.41, 5.74) is 8.16. The van der Waals surface area contributed by atoms with Gasteiger partial charge in [-0.05, 0) is 49.2 Å². The van der Waals surface area contributed by atoms with Crippen LogP contribution in [0.1, 0.15) is 33.8 Å². The number of aromatic amines is 1. The third-order valence-corrected chi connectivity index (χ3v) is 5.22. The summed E-state index contributed by atoms with van der Waals surface area (Å²) in [4.78, 5) is 20.2. The van der Waals surface area contributed by atoms with Gasteiger partial charge in [0.25, 0.3) is 5.91 Å². The molecule has 0 fully saturated rings. The van der Waals surface area contributed by atoms with E-state index in [1.165, 1.54) is 11.1 Å². The Bertz CT molecular complexity index is 1030. The molecule has 0 saturated heterocycles. The molecule has 5 heteroatoms. The lowest BCUT2D eigenvalue weighted by molar-refractivity contribution is -0.110. The van der Waals surface area contributed by atoms with E-state index in [1.807, 2.05) is 54.7 Å². The molecule has 0 aliphatic carbocycles. The minimum atomic E-state index is -0.0529. The SMILES string of the molecule is Cc1[nH]c(/C=C2\C(=O)Nc3ccccc32)c(C)c1CNCCc1ccccn1. The van der Waals surface area contributed by atoms with Crippen molar-refractivity contribution in [1.29, 1.82) is 0 Å². The van der Waals surface area contributed by atoms with Crippen molar-refractivity contribution >= 4 is 23.2 Å². The van der Waals surface area contributed by atoms with Crippen molar-refractivity contribution in [2.45, 2.75) is 26.8 Å². The number of aromatic nitrogens is 2. The zero-order chi connectivity index (χ0) is 19.5. The summed E-state index contributed by atoms with van der Waals surface area (Å²) in [6.07, 6.45) is 4.69. The molecule has 3 aromatic rings. The van der Waals surface area contributed by atoms with Crippen LogP contribution in [-0.2, 0) is 17.8 Å². The Morgan fingerprint density at radius 3 is 2.75 bits per heavy atom. The molecule has 0 radical (unpaired) electrons. The van der Waals surface area contributed by atoms with Crippen LogP contribution in [0.4, 0.5) is 5.69 Å². The zero-order valence-electron chi connectivity index (χ0n) is 16.2. The molecule has 3 N–H and O–H groups in total. The van der Waals surface area contributed by atoms with Crippen LogP contribution in [-0.4, -0.2) is 22.4 Å². The maximum atomic E-state index is 12.4. The van der Waals surface area contributed by atoms with E-state index in [0.29, 0.717) is 5.57 Å². The number of carbonyl (C=O) groups excluding carboxylic acids is 1. The van der Waals surface area contributed by atoms with Crippen LogP contribution in [0.25, 0.3) is 11.6 Å². The van der Waals surface area contributed by atoms with E-state index in [2.05, 4.69) is 34.4 Å². The quantitative estimate of drug-likeness (QED) is 0.455. The molecule has 4 rings (SSSR count). The molecule has 28 heavy (non-hydrogen) atoms. The predicted molar refractivity (Wildman–Crippen MR) is 113 cm³/mol. The summed E-state index contributed by atoms with van der Waals surface area (Å²) in [5, 5.41) is 6.43. The van der Waals surface area contributed by atoms with Gasteiger partial charge in [0.15, 0.2) is 0 Å². The number of nitrogens with one attached hydrogen (secondary N) is 3. The number of nitrogens with zero attached hydrogens (tertiary/aromatic N) is 1. The largest absolute Gasteiger partial charge is 0.359 e. The first-order chi connectivity index (χ1) is 13.6. The molecule has 1 aliphatic heterocycles. The molecule has 0 spiro atoms. The topological polar surface area (TPSA) is 69.8 Å². The summed E-state index contributed by atoms with van der Waals surface area (Å²) in [6.45, 7) is 5.83. The lowest BCUT2D eigenvalue weighted by Crippen LogP contribution is -2.17. The van der Waals surface area contributed by atoms with Crippen LogP contribution in [0.3, 0.4) is 0 Å². The fraction of sp³-hybridized carbons (Fsp3) is 0.217. The highest BCUT2D eigenvalue weighted by molar-refractivity contribution is 6.34. The number of pyridine rings is 1. The van der Waals surface area contributed by atoms with Gasteiger partial charge in [0.05, 0.1) is 5.57 Å². The molecule has 1 aromatic carbocycles. The second-order valence-corrected chi connectivity index (χ2v) is 7.07. The van der Waals surface area contributed by atoms with E-state index in [9.17, 15) is 4.79 Å². The second-order valence-electron chi connectivity index (χ2n) is 7.07. The average Bonchev–Trinajstić information content (AvgIpc) is 3.16. The van der Waals surface area contributed by atoms with Gasteiger partial charge >= 0.3 is 0 Å². The lowest BCUT2D eigenvalue weighted by Gasteiger charge is -2.06. The van der Waals surface area contributed by atoms with Gasteiger partial charge in [-0.2, -0.15) is 0 Å². The number of hydrogen-bond acceptors (Lipinski definition) is 3. The van der Waals surface area contributed by atoms with Crippen LogP contribution in [0, 0.1) is 13.8 Å². The van der Waals surface area contributed by atoms with Gasteiger partial charge in [-0.15, -0.1) is 0 Å². The summed E-state index contributed by atoms with van der Waals surface area (Å²) in [5.74, 6) is -0.0529. The first-order valence-electron chi connectivity index (χ1n) is 9.54. The van der Waals surface area contributed by atoms with Crippen LogP contribution < -0.4 is 10.6 Å². The van der Waals surface area contributed by atoms with Crippen molar-refractivity contribution in [3.05, 3.63) is 82.4 Å². The number of carbonyl (C=O) groups is 1. The Hall–Kier alpha value is -3.18. The van der Waals surface area contributed by atoms with Crippen molar-refractivity contribution in [3.63, 3.8) is 0 Å². The molecule has 5 nitrogen and oxygen atoms in total. The number of amides is 1. The highest BCUT2D eigenvalue weighted by Crippen LogP contribution is 2.33. The molecule has 0 bridgehead atoms. The lowest BCUT2D eigenvalue weighted by atomic mass is 10.0. The molecular formula is C23H24N4O. The Kier molecular flexibility index (Phi) is 5.08. The Morgan fingerprint density at radius 1 is 1.11 bits per heavy atom. The smallest absolute Gasteiger partial charge is 0.256 e. The van der Waals surface area contributed by atoms with E-state index < -0.39 is 0 Å². The van der Waals surface area contributed by atoms with Crippen LogP contribution in [0.5, 0.6) is 0 Å². The molecule has 142 valence electrons. The number of aryl methyl sites for hydroxylation is 1. The fourth-order valence-electron chi connectivity index (χ4n) is 3.63. The predicted octanol–water partition coefficient (Wildman–Crippen LogP) is 3.85. The van der Waals surface area contributed by atoms with Crippen molar-refractivity contribution in [2.24, 2.45) is 0 Å². The minimum Gasteiger partial charge on any atom is -0.359 e. The van der Waals surface area contributed by atoms with Crippen LogP contribution in [0.15, 0.2) is 48.7 Å². The van der Waals surface area contributed by atoms with Crippen molar-refractivity contribution in [1.82, 2.24) is 15.3 Å². The second kappa shape index (κ2) is 7.82. The van der Waals surface area contributed by atoms with Gasteiger partial charge in [-0.25, -0.2) is 0 Å². The van der Waals surface area contributed by atoms with E-state index >= 15 is 0 Å². The van der Waals surface area contributed by atoms with Crippen molar-refractivity contribution in [2.75, 3.05) is 11.9 Å². The highest BCUT2D eigenvalue weighted by Gasteiger charge is 2.24. The number of rotatable bonds is 6. The average molecular weight is 372 g/mol. The first-order valence-corrected chi connectivity index (χ1v) is 9.54. The first kappa shape index (κ1) is 18.2. The third kappa shape index (κ3) is 3.62. The zero-order valence-corrected chi connectivity index (χ0v) is 16.2. The molecule has 3 heterocycles. The van der Waals surface area contributed by atoms with Gasteiger partial charge < -0.3 is 15.6 Å². The third-order valence-electron chi connectivity index (χ3n) is 5.22. The van der Waals surface area contributed by atoms with E-state index in [1.54, 1.807) is 0 Å². The van der Waals surface area contributed by atoms with Gasteiger partial charge in [0.2, 0.25) is 0 Å². The Morgan fingerprint density at radius 2 is 1.93 bits per heavy atom. The fourth-order valence-corrected chi connectivity index (χ4v) is 3.63. The van der Waals surface area contributed by atoms with Crippen LogP contribution in [0.2, 0.25) is 0 Å². The molecule has 0 unspecified atom stereocenters. The highest BCUT2D eigenvalue weighted by atomic mass is 16.2. The number of para-hydroxylation sites is 1. The van der Waals surface area contributed by atoms with Crippen LogP contribution >= 0.6 is 0 Å². The molecule has 1 amide bonds. The standard InChI is InChI=1S/C23H24N4O/c1-15-20(14-24-12-10-17-7-5-6-11-25-17)16(2)26-22(15)13-19-18-8-3-4-9-21(18)27-23(19)28/h3-9,11,13,24,26H,10,12,14H2,1-2H3,(H,27,28)/b19-13-. The maximum Gasteiger partial charge on any atom is 0.256 e. The molecule has 0 atom stereocenters. The van der Waals surface area contributed by atoms with E-state index in [0.717, 1.165) is 47.8 Å². The van der Waals surface area contributed by atoms with E-state index in [-0.39, 0.29) is 5.91 Å². The summed E-state index contributed by atoms with van der Waals surface area (Å²) >= 11 is 0. The molecule has 0 saturated carbocycles. The van der Waals surface area contributed by atoms with Gasteiger partial charge in [0.1, 0.15) is 0 Å². The molecular weight excluding hydrogens is 348 g/mol.